The molecule has 1 saturated carbocycles. The lowest BCUT2D eigenvalue weighted by Gasteiger charge is -2.24. The van der Waals surface area contributed by atoms with Gasteiger partial charge in [-0.05, 0) is 43.7 Å². The fourth-order valence-electron chi connectivity index (χ4n) is 3.13. The second-order valence-corrected chi connectivity index (χ2v) is 5.93. The molecule has 21 heavy (non-hydrogen) atoms. The standard InChI is InChI=1S/C16H17NO4/c1-8-3-4-9(2)14-13(8)15(20)17(16(14)21)11(7-12(18)19)10-5-6-10/h3-4,10-11H,5-7H2,1-2H3,(H,18,19). The third-order valence-electron chi connectivity index (χ3n) is 4.37. The monoisotopic (exact) mass is 287 g/mol. The van der Waals surface area contributed by atoms with Crippen molar-refractivity contribution in [1.29, 1.82) is 0 Å². The maximum atomic E-state index is 12.6. The predicted molar refractivity (Wildman–Crippen MR) is 75.2 cm³/mol. The van der Waals surface area contributed by atoms with Gasteiger partial charge in [0.2, 0.25) is 0 Å². The summed E-state index contributed by atoms with van der Waals surface area (Å²) < 4.78 is 0. The lowest BCUT2D eigenvalue weighted by atomic mass is 9.99. The first kappa shape index (κ1) is 13.8. The Morgan fingerprint density at radius 1 is 1.19 bits per heavy atom. The van der Waals surface area contributed by atoms with Gasteiger partial charge in [0.15, 0.2) is 0 Å². The first-order valence-corrected chi connectivity index (χ1v) is 7.11. The predicted octanol–water partition coefficient (Wildman–Crippen LogP) is 2.15. The molecule has 110 valence electrons. The van der Waals surface area contributed by atoms with Gasteiger partial charge in [-0.1, -0.05) is 12.1 Å². The summed E-state index contributed by atoms with van der Waals surface area (Å²) in [6.07, 6.45) is 1.58. The van der Waals surface area contributed by atoms with Crippen LogP contribution in [0.1, 0.15) is 51.1 Å². The van der Waals surface area contributed by atoms with E-state index in [0.29, 0.717) is 11.1 Å². The van der Waals surface area contributed by atoms with E-state index in [1.807, 2.05) is 12.1 Å². The summed E-state index contributed by atoms with van der Waals surface area (Å²) in [4.78, 5) is 37.6. The van der Waals surface area contributed by atoms with Crippen molar-refractivity contribution in [2.45, 2.75) is 39.2 Å². The van der Waals surface area contributed by atoms with Crippen LogP contribution in [-0.2, 0) is 4.79 Å². The number of carboxylic acid groups (broad SMARTS) is 1. The van der Waals surface area contributed by atoms with Gasteiger partial charge in [-0.2, -0.15) is 0 Å². The number of rotatable bonds is 4. The van der Waals surface area contributed by atoms with Crippen LogP contribution in [0.3, 0.4) is 0 Å². The van der Waals surface area contributed by atoms with Gasteiger partial charge in [-0.15, -0.1) is 0 Å². The highest BCUT2D eigenvalue weighted by molar-refractivity contribution is 6.23. The molecule has 1 atom stereocenters. The molecule has 1 fully saturated rings. The Hall–Kier alpha value is -2.17. The van der Waals surface area contributed by atoms with E-state index in [1.54, 1.807) is 13.8 Å². The zero-order valence-electron chi connectivity index (χ0n) is 12.0. The van der Waals surface area contributed by atoms with E-state index in [-0.39, 0.29) is 24.2 Å². The minimum Gasteiger partial charge on any atom is -0.481 e. The first-order valence-electron chi connectivity index (χ1n) is 7.11. The van der Waals surface area contributed by atoms with Crippen LogP contribution in [0.4, 0.5) is 0 Å². The topological polar surface area (TPSA) is 74.7 Å². The molecule has 3 rings (SSSR count). The quantitative estimate of drug-likeness (QED) is 0.861. The molecule has 1 unspecified atom stereocenters. The van der Waals surface area contributed by atoms with Crippen molar-refractivity contribution < 1.29 is 19.5 Å². The normalized spacial score (nSPS) is 18.9. The molecular formula is C16H17NO4. The van der Waals surface area contributed by atoms with E-state index >= 15 is 0 Å². The molecule has 0 bridgehead atoms. The summed E-state index contributed by atoms with van der Waals surface area (Å²) in [6.45, 7) is 3.60. The summed E-state index contributed by atoms with van der Waals surface area (Å²) in [5.74, 6) is -1.52. The number of amides is 2. The van der Waals surface area contributed by atoms with E-state index in [2.05, 4.69) is 0 Å². The molecule has 1 aromatic carbocycles. The van der Waals surface area contributed by atoms with Crippen molar-refractivity contribution in [1.82, 2.24) is 4.90 Å². The van der Waals surface area contributed by atoms with Crippen LogP contribution in [-0.4, -0.2) is 33.8 Å². The van der Waals surface area contributed by atoms with Gasteiger partial charge in [0.1, 0.15) is 0 Å². The molecule has 0 saturated heterocycles. The lowest BCUT2D eigenvalue weighted by molar-refractivity contribution is -0.138. The molecule has 1 aromatic rings. The van der Waals surface area contributed by atoms with Crippen molar-refractivity contribution in [3.8, 4) is 0 Å². The molecule has 0 spiro atoms. The number of nitrogens with zero attached hydrogens (tertiary/aromatic N) is 1. The van der Waals surface area contributed by atoms with Crippen LogP contribution in [0.2, 0.25) is 0 Å². The summed E-state index contributed by atoms with van der Waals surface area (Å²) in [7, 11) is 0. The molecule has 1 heterocycles. The molecule has 2 aliphatic rings. The summed E-state index contributed by atoms with van der Waals surface area (Å²) in [5.41, 5.74) is 2.41. The number of carboxylic acids is 1. The molecule has 1 aliphatic heterocycles. The van der Waals surface area contributed by atoms with Gasteiger partial charge in [0, 0.05) is 0 Å². The largest absolute Gasteiger partial charge is 0.481 e. The minimum atomic E-state index is -0.975. The van der Waals surface area contributed by atoms with Gasteiger partial charge < -0.3 is 5.11 Å². The van der Waals surface area contributed by atoms with Crippen molar-refractivity contribution in [2.75, 3.05) is 0 Å². The number of hydrogen-bond donors (Lipinski definition) is 1. The van der Waals surface area contributed by atoms with E-state index < -0.39 is 12.0 Å². The van der Waals surface area contributed by atoms with Crippen molar-refractivity contribution in [3.05, 3.63) is 34.4 Å². The van der Waals surface area contributed by atoms with Gasteiger partial charge >= 0.3 is 5.97 Å². The van der Waals surface area contributed by atoms with Gasteiger partial charge in [0.05, 0.1) is 23.6 Å². The van der Waals surface area contributed by atoms with Gasteiger partial charge in [-0.25, -0.2) is 0 Å². The average molecular weight is 287 g/mol. The number of imide groups is 1. The van der Waals surface area contributed by atoms with Crippen LogP contribution < -0.4 is 0 Å². The number of carbonyl (C=O) groups excluding carboxylic acids is 2. The Kier molecular flexibility index (Phi) is 3.08. The number of fused-ring (bicyclic) bond motifs is 1. The summed E-state index contributed by atoms with van der Waals surface area (Å²) in [5, 5.41) is 9.07. The van der Waals surface area contributed by atoms with Crippen molar-refractivity contribution >= 4 is 17.8 Å². The maximum absolute atomic E-state index is 12.6. The van der Waals surface area contributed by atoms with Gasteiger partial charge in [-0.3, -0.25) is 19.3 Å². The molecular weight excluding hydrogens is 270 g/mol. The number of benzene rings is 1. The van der Waals surface area contributed by atoms with E-state index in [0.717, 1.165) is 24.0 Å². The van der Waals surface area contributed by atoms with Crippen LogP contribution >= 0.6 is 0 Å². The van der Waals surface area contributed by atoms with Crippen molar-refractivity contribution in [3.63, 3.8) is 0 Å². The maximum Gasteiger partial charge on any atom is 0.305 e. The Bertz CT molecular complexity index is 619. The van der Waals surface area contributed by atoms with Crippen LogP contribution in [0.5, 0.6) is 0 Å². The van der Waals surface area contributed by atoms with E-state index in [4.69, 9.17) is 5.11 Å². The third-order valence-corrected chi connectivity index (χ3v) is 4.37. The number of aryl methyl sites for hydroxylation is 2. The van der Waals surface area contributed by atoms with Gasteiger partial charge in [0.25, 0.3) is 11.8 Å². The second kappa shape index (κ2) is 4.69. The molecule has 2 amide bonds. The Morgan fingerprint density at radius 2 is 1.67 bits per heavy atom. The fraction of sp³-hybridized carbons (Fsp3) is 0.438. The third kappa shape index (κ3) is 2.13. The smallest absolute Gasteiger partial charge is 0.305 e. The van der Waals surface area contributed by atoms with Crippen LogP contribution in [0.15, 0.2) is 12.1 Å². The molecule has 0 radical (unpaired) electrons. The Labute approximate surface area is 122 Å². The minimum absolute atomic E-state index is 0.129. The summed E-state index contributed by atoms with van der Waals surface area (Å²) >= 11 is 0. The zero-order chi connectivity index (χ0) is 15.3. The summed E-state index contributed by atoms with van der Waals surface area (Å²) in [6, 6.07) is 3.13. The highest BCUT2D eigenvalue weighted by Gasteiger charge is 2.47. The zero-order valence-corrected chi connectivity index (χ0v) is 12.0. The first-order chi connectivity index (χ1) is 9.91. The Morgan fingerprint density at radius 3 is 2.05 bits per heavy atom. The highest BCUT2D eigenvalue weighted by atomic mass is 16.4. The van der Waals surface area contributed by atoms with Crippen molar-refractivity contribution in [2.24, 2.45) is 5.92 Å². The number of hydrogen-bond acceptors (Lipinski definition) is 3. The SMILES string of the molecule is Cc1ccc(C)c2c1C(=O)N(C(CC(=O)O)C1CC1)C2=O. The lowest BCUT2D eigenvalue weighted by Crippen LogP contribution is -2.42. The van der Waals surface area contributed by atoms with Crippen LogP contribution in [0.25, 0.3) is 0 Å². The van der Waals surface area contributed by atoms with E-state index in [1.165, 1.54) is 4.90 Å². The highest BCUT2D eigenvalue weighted by Crippen LogP contribution is 2.40. The second-order valence-electron chi connectivity index (χ2n) is 5.93. The molecule has 1 N–H and O–H groups in total. The molecule has 1 aliphatic carbocycles. The number of carbonyl (C=O) groups is 3. The Balaban J connectivity index is 2.04. The molecule has 5 nitrogen and oxygen atoms in total. The number of aliphatic carboxylic acids is 1. The fourth-order valence-corrected chi connectivity index (χ4v) is 3.13. The van der Waals surface area contributed by atoms with Crippen LogP contribution in [0, 0.1) is 19.8 Å². The van der Waals surface area contributed by atoms with E-state index in [9.17, 15) is 14.4 Å². The molecule has 5 heteroatoms. The molecule has 0 aromatic heterocycles. The average Bonchev–Trinajstić information content (AvgIpc) is 3.20.